The van der Waals surface area contributed by atoms with E-state index < -0.39 is 5.97 Å². The SMILES string of the molecule is O=C(O)c1cccc2c3ccccc3c3nc4ccccc4cc3c12. The first-order chi connectivity index (χ1) is 12.2. The maximum Gasteiger partial charge on any atom is 0.336 e. The van der Waals surface area contributed by atoms with Gasteiger partial charge in [0.2, 0.25) is 0 Å². The van der Waals surface area contributed by atoms with E-state index in [1.165, 1.54) is 0 Å². The summed E-state index contributed by atoms with van der Waals surface area (Å²) in [4.78, 5) is 16.7. The van der Waals surface area contributed by atoms with Crippen LogP contribution in [0, 0.1) is 0 Å². The first-order valence-corrected chi connectivity index (χ1v) is 8.10. The van der Waals surface area contributed by atoms with Crippen molar-refractivity contribution in [3.05, 3.63) is 78.4 Å². The minimum absolute atomic E-state index is 0.310. The third-order valence-corrected chi connectivity index (χ3v) is 4.76. The molecule has 5 aromatic rings. The zero-order valence-corrected chi connectivity index (χ0v) is 13.2. The molecule has 0 spiro atoms. The summed E-state index contributed by atoms with van der Waals surface area (Å²) in [6.45, 7) is 0. The second-order valence-electron chi connectivity index (χ2n) is 6.16. The summed E-state index contributed by atoms with van der Waals surface area (Å²) in [6, 6.07) is 23.5. The highest BCUT2D eigenvalue weighted by atomic mass is 16.4. The number of fused-ring (bicyclic) bond motifs is 7. The molecule has 0 amide bonds. The van der Waals surface area contributed by atoms with Gasteiger partial charge in [0.1, 0.15) is 0 Å². The predicted molar refractivity (Wildman–Crippen MR) is 101 cm³/mol. The maximum atomic E-state index is 11.8. The molecule has 0 aliphatic rings. The standard InChI is InChI=1S/C22H13NO2/c24-22(25)17-10-5-9-15-14-7-2-3-8-16(14)21-18(20(15)17)12-13-6-1-4-11-19(13)23-21/h1-12H,(H,24,25). The van der Waals surface area contributed by atoms with E-state index in [0.29, 0.717) is 5.56 Å². The predicted octanol–water partition coefficient (Wildman–Crippen LogP) is 5.39. The number of nitrogens with zero attached hydrogens (tertiary/aromatic N) is 1. The highest BCUT2D eigenvalue weighted by molar-refractivity contribution is 6.28. The Morgan fingerprint density at radius 3 is 2.32 bits per heavy atom. The zero-order chi connectivity index (χ0) is 17.0. The van der Waals surface area contributed by atoms with Gasteiger partial charge in [0.25, 0.3) is 0 Å². The van der Waals surface area contributed by atoms with Gasteiger partial charge >= 0.3 is 5.97 Å². The Morgan fingerprint density at radius 1 is 0.760 bits per heavy atom. The van der Waals surface area contributed by atoms with E-state index in [2.05, 4.69) is 6.07 Å². The van der Waals surface area contributed by atoms with Crippen molar-refractivity contribution < 1.29 is 9.90 Å². The topological polar surface area (TPSA) is 50.2 Å². The fourth-order valence-electron chi connectivity index (χ4n) is 3.68. The van der Waals surface area contributed by atoms with Crippen LogP contribution in [0.2, 0.25) is 0 Å². The number of rotatable bonds is 1. The molecule has 5 rings (SSSR count). The van der Waals surface area contributed by atoms with Gasteiger partial charge in [-0.05, 0) is 29.0 Å². The lowest BCUT2D eigenvalue weighted by Crippen LogP contribution is -1.99. The first-order valence-electron chi connectivity index (χ1n) is 8.10. The van der Waals surface area contributed by atoms with Crippen molar-refractivity contribution in [3.8, 4) is 0 Å². The highest BCUT2D eigenvalue weighted by Gasteiger charge is 2.16. The Bertz CT molecular complexity index is 1320. The molecule has 0 bridgehead atoms. The quantitative estimate of drug-likeness (QED) is 0.332. The van der Waals surface area contributed by atoms with Crippen LogP contribution in [-0.2, 0) is 0 Å². The molecule has 3 heteroatoms. The molecule has 3 nitrogen and oxygen atoms in total. The van der Waals surface area contributed by atoms with Gasteiger partial charge in [-0.3, -0.25) is 0 Å². The van der Waals surface area contributed by atoms with Crippen molar-refractivity contribution >= 4 is 49.3 Å². The molecular weight excluding hydrogens is 310 g/mol. The van der Waals surface area contributed by atoms with Gasteiger partial charge in [-0.2, -0.15) is 0 Å². The summed E-state index contributed by atoms with van der Waals surface area (Å²) in [6.07, 6.45) is 0. The molecule has 1 heterocycles. The Labute approximate surface area is 143 Å². The maximum absolute atomic E-state index is 11.8. The normalized spacial score (nSPS) is 11.5. The fourth-order valence-corrected chi connectivity index (χ4v) is 3.68. The summed E-state index contributed by atoms with van der Waals surface area (Å²) in [5.74, 6) is -0.921. The second kappa shape index (κ2) is 5.02. The van der Waals surface area contributed by atoms with Crippen LogP contribution in [0.5, 0.6) is 0 Å². The van der Waals surface area contributed by atoms with Crippen LogP contribution in [0.1, 0.15) is 10.4 Å². The van der Waals surface area contributed by atoms with Gasteiger partial charge in [-0.1, -0.05) is 54.6 Å². The van der Waals surface area contributed by atoms with Gasteiger partial charge in [0.05, 0.1) is 16.6 Å². The monoisotopic (exact) mass is 323 g/mol. The average Bonchev–Trinajstić information content (AvgIpc) is 2.66. The Hall–Kier alpha value is -3.46. The number of aromatic nitrogens is 1. The van der Waals surface area contributed by atoms with Crippen LogP contribution in [0.3, 0.4) is 0 Å². The van der Waals surface area contributed by atoms with Crippen LogP contribution in [0.4, 0.5) is 0 Å². The number of pyridine rings is 1. The van der Waals surface area contributed by atoms with Crippen molar-refractivity contribution in [1.29, 1.82) is 0 Å². The number of carboxylic acid groups (broad SMARTS) is 1. The van der Waals surface area contributed by atoms with Crippen LogP contribution in [0.15, 0.2) is 72.8 Å². The summed E-state index contributed by atoms with van der Waals surface area (Å²) in [5.41, 5.74) is 2.06. The van der Waals surface area contributed by atoms with Gasteiger partial charge in [0, 0.05) is 21.5 Å². The molecule has 0 atom stereocenters. The molecule has 0 saturated carbocycles. The van der Waals surface area contributed by atoms with Gasteiger partial charge in [-0.25, -0.2) is 9.78 Å². The van der Waals surface area contributed by atoms with E-state index in [9.17, 15) is 9.90 Å². The average molecular weight is 323 g/mol. The van der Waals surface area contributed by atoms with Crippen molar-refractivity contribution in [2.24, 2.45) is 0 Å². The van der Waals surface area contributed by atoms with Crippen molar-refractivity contribution in [2.45, 2.75) is 0 Å². The molecule has 0 unspecified atom stereocenters. The summed E-state index contributed by atoms with van der Waals surface area (Å²) < 4.78 is 0. The molecule has 0 aliphatic carbocycles. The summed E-state index contributed by atoms with van der Waals surface area (Å²) in [5, 5.41) is 15.4. The van der Waals surface area contributed by atoms with E-state index in [4.69, 9.17) is 4.98 Å². The molecule has 4 aromatic carbocycles. The van der Waals surface area contributed by atoms with Gasteiger partial charge in [0.15, 0.2) is 0 Å². The minimum atomic E-state index is -0.921. The van der Waals surface area contributed by atoms with Crippen molar-refractivity contribution in [3.63, 3.8) is 0 Å². The number of hydrogen-bond acceptors (Lipinski definition) is 2. The number of carbonyl (C=O) groups is 1. The second-order valence-corrected chi connectivity index (χ2v) is 6.16. The summed E-state index contributed by atoms with van der Waals surface area (Å²) in [7, 11) is 0. The zero-order valence-electron chi connectivity index (χ0n) is 13.2. The molecule has 1 aromatic heterocycles. The molecule has 0 radical (unpaired) electrons. The minimum Gasteiger partial charge on any atom is -0.478 e. The lowest BCUT2D eigenvalue weighted by Gasteiger charge is -2.12. The van der Waals surface area contributed by atoms with E-state index >= 15 is 0 Å². The van der Waals surface area contributed by atoms with Gasteiger partial charge < -0.3 is 5.11 Å². The highest BCUT2D eigenvalue weighted by Crippen LogP contribution is 2.37. The van der Waals surface area contributed by atoms with Gasteiger partial charge in [-0.15, -0.1) is 0 Å². The molecule has 118 valence electrons. The molecule has 0 aliphatic heterocycles. The molecule has 0 saturated heterocycles. The van der Waals surface area contributed by atoms with E-state index in [0.717, 1.165) is 43.4 Å². The first kappa shape index (κ1) is 13.9. The largest absolute Gasteiger partial charge is 0.478 e. The smallest absolute Gasteiger partial charge is 0.336 e. The lowest BCUT2D eigenvalue weighted by molar-refractivity contribution is 0.0699. The Morgan fingerprint density at radius 2 is 1.48 bits per heavy atom. The fraction of sp³-hybridized carbons (Fsp3) is 0. The third kappa shape index (κ3) is 1.93. The van der Waals surface area contributed by atoms with Crippen LogP contribution in [0.25, 0.3) is 43.4 Å². The summed E-state index contributed by atoms with van der Waals surface area (Å²) >= 11 is 0. The lowest BCUT2D eigenvalue weighted by atomic mass is 9.93. The number of para-hydroxylation sites is 1. The Balaban J connectivity index is 2.18. The third-order valence-electron chi connectivity index (χ3n) is 4.76. The number of aromatic carboxylic acids is 1. The number of hydrogen-bond donors (Lipinski definition) is 1. The number of benzene rings is 4. The number of carboxylic acids is 1. The van der Waals surface area contributed by atoms with Crippen molar-refractivity contribution in [1.82, 2.24) is 4.98 Å². The Kier molecular flexibility index (Phi) is 2.80. The van der Waals surface area contributed by atoms with E-state index in [-0.39, 0.29) is 0 Å². The molecule has 0 fully saturated rings. The molecule has 25 heavy (non-hydrogen) atoms. The van der Waals surface area contributed by atoms with E-state index in [1.807, 2.05) is 54.6 Å². The van der Waals surface area contributed by atoms with Crippen LogP contribution in [-0.4, -0.2) is 16.1 Å². The van der Waals surface area contributed by atoms with E-state index in [1.54, 1.807) is 12.1 Å². The molecule has 1 N–H and O–H groups in total. The van der Waals surface area contributed by atoms with Crippen LogP contribution >= 0.6 is 0 Å². The van der Waals surface area contributed by atoms with Crippen molar-refractivity contribution in [2.75, 3.05) is 0 Å². The van der Waals surface area contributed by atoms with Crippen LogP contribution < -0.4 is 0 Å². The molecular formula is C22H13NO2.